The van der Waals surface area contributed by atoms with Gasteiger partial charge in [-0.05, 0) is 31.0 Å². The maximum Gasteiger partial charge on any atom is 0.0540 e. The highest BCUT2D eigenvalue weighted by atomic mass is 16.3. The van der Waals surface area contributed by atoms with Crippen molar-refractivity contribution >= 4 is 0 Å². The molecule has 0 aromatic heterocycles. The van der Waals surface area contributed by atoms with Crippen LogP contribution >= 0.6 is 0 Å². The van der Waals surface area contributed by atoms with E-state index in [2.05, 4.69) is 30.4 Å². The SMILES string of the molecule is Cc1ccccc1C1(CO)CCNC1. The van der Waals surface area contributed by atoms with Gasteiger partial charge < -0.3 is 10.4 Å². The molecule has 0 saturated carbocycles. The fourth-order valence-electron chi connectivity index (χ4n) is 2.36. The molecule has 0 bridgehead atoms. The summed E-state index contributed by atoms with van der Waals surface area (Å²) in [5.74, 6) is 0. The molecule has 2 nitrogen and oxygen atoms in total. The van der Waals surface area contributed by atoms with Gasteiger partial charge in [0.05, 0.1) is 6.61 Å². The second kappa shape index (κ2) is 3.71. The first-order valence-electron chi connectivity index (χ1n) is 5.16. The normalized spacial score (nSPS) is 26.7. The first kappa shape index (κ1) is 9.69. The summed E-state index contributed by atoms with van der Waals surface area (Å²) in [6.45, 7) is 4.26. The summed E-state index contributed by atoms with van der Waals surface area (Å²) in [7, 11) is 0. The Morgan fingerprint density at radius 1 is 1.43 bits per heavy atom. The molecule has 0 amide bonds. The third-order valence-corrected chi connectivity index (χ3v) is 3.26. The molecule has 0 aliphatic carbocycles. The van der Waals surface area contributed by atoms with Crippen molar-refractivity contribution in [3.8, 4) is 0 Å². The number of nitrogens with one attached hydrogen (secondary N) is 1. The number of aliphatic hydroxyl groups excluding tert-OH is 1. The molecule has 1 fully saturated rings. The van der Waals surface area contributed by atoms with Gasteiger partial charge >= 0.3 is 0 Å². The predicted octanol–water partition coefficient (Wildman–Crippen LogP) is 1.22. The summed E-state index contributed by atoms with van der Waals surface area (Å²) < 4.78 is 0. The predicted molar refractivity (Wildman–Crippen MR) is 57.4 cm³/mol. The number of aryl methyl sites for hydroxylation is 1. The van der Waals surface area contributed by atoms with Crippen molar-refractivity contribution in [1.82, 2.24) is 5.32 Å². The van der Waals surface area contributed by atoms with Crippen molar-refractivity contribution in [1.29, 1.82) is 0 Å². The van der Waals surface area contributed by atoms with E-state index in [1.165, 1.54) is 11.1 Å². The first-order valence-corrected chi connectivity index (χ1v) is 5.16. The Labute approximate surface area is 85.0 Å². The van der Waals surface area contributed by atoms with Gasteiger partial charge in [0.2, 0.25) is 0 Å². The highest BCUT2D eigenvalue weighted by molar-refractivity contribution is 5.35. The molecule has 0 radical (unpaired) electrons. The lowest BCUT2D eigenvalue weighted by molar-refractivity contribution is 0.205. The van der Waals surface area contributed by atoms with Crippen molar-refractivity contribution < 1.29 is 5.11 Å². The van der Waals surface area contributed by atoms with Crippen LogP contribution in [0.2, 0.25) is 0 Å². The molecule has 76 valence electrons. The monoisotopic (exact) mass is 191 g/mol. The van der Waals surface area contributed by atoms with Crippen LogP contribution in [0.1, 0.15) is 17.5 Å². The van der Waals surface area contributed by atoms with E-state index in [-0.39, 0.29) is 12.0 Å². The summed E-state index contributed by atoms with van der Waals surface area (Å²) in [5, 5.41) is 12.9. The fraction of sp³-hybridized carbons (Fsp3) is 0.500. The van der Waals surface area contributed by atoms with Crippen LogP contribution in [0, 0.1) is 6.92 Å². The van der Waals surface area contributed by atoms with Gasteiger partial charge in [-0.15, -0.1) is 0 Å². The minimum absolute atomic E-state index is 0.0364. The third kappa shape index (κ3) is 1.45. The molecule has 1 unspecified atom stereocenters. The number of rotatable bonds is 2. The van der Waals surface area contributed by atoms with Crippen LogP contribution in [0.4, 0.5) is 0 Å². The van der Waals surface area contributed by atoms with E-state index in [0.29, 0.717) is 0 Å². The van der Waals surface area contributed by atoms with Crippen LogP contribution in [0.5, 0.6) is 0 Å². The topological polar surface area (TPSA) is 32.3 Å². The Balaban J connectivity index is 2.41. The van der Waals surface area contributed by atoms with Crippen LogP contribution in [0.3, 0.4) is 0 Å². The maximum atomic E-state index is 9.55. The van der Waals surface area contributed by atoms with Gasteiger partial charge in [0.25, 0.3) is 0 Å². The lowest BCUT2D eigenvalue weighted by atomic mass is 9.78. The molecule has 1 saturated heterocycles. The first-order chi connectivity index (χ1) is 6.78. The molecule has 14 heavy (non-hydrogen) atoms. The van der Waals surface area contributed by atoms with Crippen molar-refractivity contribution in [2.24, 2.45) is 0 Å². The Bertz CT molecular complexity index is 316. The maximum absolute atomic E-state index is 9.55. The highest BCUT2D eigenvalue weighted by Crippen LogP contribution is 2.32. The van der Waals surface area contributed by atoms with Crippen LogP contribution in [-0.4, -0.2) is 24.8 Å². The number of benzene rings is 1. The molecule has 1 aromatic carbocycles. The molecule has 0 spiro atoms. The number of aliphatic hydroxyl groups is 1. The largest absolute Gasteiger partial charge is 0.395 e. The molecule has 1 heterocycles. The second-order valence-electron chi connectivity index (χ2n) is 4.18. The standard InChI is InChI=1S/C12H17NO/c1-10-4-2-3-5-11(10)12(9-14)6-7-13-8-12/h2-5,13-14H,6-9H2,1H3. The number of hydrogen-bond acceptors (Lipinski definition) is 2. The van der Waals surface area contributed by atoms with Crippen molar-refractivity contribution in [3.05, 3.63) is 35.4 Å². The van der Waals surface area contributed by atoms with Gasteiger partial charge in [-0.25, -0.2) is 0 Å². The quantitative estimate of drug-likeness (QED) is 0.736. The van der Waals surface area contributed by atoms with E-state index in [4.69, 9.17) is 0 Å². The van der Waals surface area contributed by atoms with E-state index < -0.39 is 0 Å². The van der Waals surface area contributed by atoms with E-state index in [9.17, 15) is 5.11 Å². The fourth-order valence-corrected chi connectivity index (χ4v) is 2.36. The van der Waals surface area contributed by atoms with Crippen LogP contribution in [0.15, 0.2) is 24.3 Å². The Hall–Kier alpha value is -0.860. The van der Waals surface area contributed by atoms with E-state index >= 15 is 0 Å². The van der Waals surface area contributed by atoms with E-state index in [0.717, 1.165) is 19.5 Å². The van der Waals surface area contributed by atoms with Crippen molar-refractivity contribution in [3.63, 3.8) is 0 Å². The third-order valence-electron chi connectivity index (χ3n) is 3.26. The van der Waals surface area contributed by atoms with Crippen LogP contribution in [0.25, 0.3) is 0 Å². The molecule has 2 rings (SSSR count). The average Bonchev–Trinajstić information content (AvgIpc) is 2.68. The summed E-state index contributed by atoms with van der Waals surface area (Å²) in [5.41, 5.74) is 2.54. The molecule has 1 aliphatic rings. The molecule has 2 heteroatoms. The molecule has 2 N–H and O–H groups in total. The van der Waals surface area contributed by atoms with Crippen molar-refractivity contribution in [2.75, 3.05) is 19.7 Å². The zero-order valence-corrected chi connectivity index (χ0v) is 8.59. The minimum Gasteiger partial charge on any atom is -0.395 e. The zero-order chi connectivity index (χ0) is 10.0. The molecule has 1 atom stereocenters. The lowest BCUT2D eigenvalue weighted by Crippen LogP contribution is -2.33. The average molecular weight is 191 g/mol. The minimum atomic E-state index is -0.0364. The van der Waals surface area contributed by atoms with Gasteiger partial charge in [-0.2, -0.15) is 0 Å². The Morgan fingerprint density at radius 3 is 2.79 bits per heavy atom. The van der Waals surface area contributed by atoms with E-state index in [1.54, 1.807) is 0 Å². The van der Waals surface area contributed by atoms with Gasteiger partial charge in [0, 0.05) is 12.0 Å². The molecule has 1 aliphatic heterocycles. The zero-order valence-electron chi connectivity index (χ0n) is 8.59. The smallest absolute Gasteiger partial charge is 0.0540 e. The Morgan fingerprint density at radius 2 is 2.21 bits per heavy atom. The molecule has 1 aromatic rings. The van der Waals surface area contributed by atoms with Gasteiger partial charge in [0.1, 0.15) is 0 Å². The van der Waals surface area contributed by atoms with Crippen LogP contribution in [-0.2, 0) is 5.41 Å². The second-order valence-corrected chi connectivity index (χ2v) is 4.18. The Kier molecular flexibility index (Phi) is 2.57. The number of hydrogen-bond donors (Lipinski definition) is 2. The van der Waals surface area contributed by atoms with Crippen LogP contribution < -0.4 is 5.32 Å². The summed E-state index contributed by atoms with van der Waals surface area (Å²) in [6.07, 6.45) is 1.04. The molecular weight excluding hydrogens is 174 g/mol. The molecular formula is C12H17NO. The van der Waals surface area contributed by atoms with E-state index in [1.807, 2.05) is 6.07 Å². The van der Waals surface area contributed by atoms with Gasteiger partial charge in [0.15, 0.2) is 0 Å². The van der Waals surface area contributed by atoms with Gasteiger partial charge in [-0.3, -0.25) is 0 Å². The highest BCUT2D eigenvalue weighted by Gasteiger charge is 2.35. The summed E-state index contributed by atoms with van der Waals surface area (Å²) >= 11 is 0. The van der Waals surface area contributed by atoms with Crippen molar-refractivity contribution in [2.45, 2.75) is 18.8 Å². The summed E-state index contributed by atoms with van der Waals surface area (Å²) in [4.78, 5) is 0. The lowest BCUT2D eigenvalue weighted by Gasteiger charge is -2.27. The summed E-state index contributed by atoms with van der Waals surface area (Å²) in [6, 6.07) is 8.36. The van der Waals surface area contributed by atoms with Gasteiger partial charge in [-0.1, -0.05) is 24.3 Å².